The van der Waals surface area contributed by atoms with Crippen LogP contribution in [0.4, 0.5) is 8.78 Å². The first-order valence-corrected chi connectivity index (χ1v) is 7.14. The SMILES string of the molecule is Fc1ccc(Cn2c(CCl)nc3cc(Cl)ccc32)cc1F. The summed E-state index contributed by atoms with van der Waals surface area (Å²) in [5, 5.41) is 0.584. The first-order chi connectivity index (χ1) is 10.1. The van der Waals surface area contributed by atoms with Crippen LogP contribution in [0.3, 0.4) is 0 Å². The van der Waals surface area contributed by atoms with E-state index in [9.17, 15) is 8.78 Å². The molecule has 3 rings (SSSR count). The normalized spacial score (nSPS) is 11.2. The second-order valence-corrected chi connectivity index (χ2v) is 5.33. The van der Waals surface area contributed by atoms with Gasteiger partial charge in [0, 0.05) is 11.6 Å². The van der Waals surface area contributed by atoms with Gasteiger partial charge in [0.2, 0.25) is 0 Å². The highest BCUT2D eigenvalue weighted by Gasteiger charge is 2.12. The van der Waals surface area contributed by atoms with Crippen molar-refractivity contribution in [2.75, 3.05) is 0 Å². The Morgan fingerprint density at radius 1 is 1.05 bits per heavy atom. The molecule has 0 fully saturated rings. The first kappa shape index (κ1) is 14.3. The zero-order valence-electron chi connectivity index (χ0n) is 10.8. The lowest BCUT2D eigenvalue weighted by Crippen LogP contribution is -2.04. The van der Waals surface area contributed by atoms with Gasteiger partial charge in [-0.2, -0.15) is 0 Å². The molecule has 0 aliphatic heterocycles. The fourth-order valence-electron chi connectivity index (χ4n) is 2.25. The Kier molecular flexibility index (Phi) is 3.83. The predicted octanol–water partition coefficient (Wildman–Crippen LogP) is 4.76. The summed E-state index contributed by atoms with van der Waals surface area (Å²) >= 11 is 11.9. The fourth-order valence-corrected chi connectivity index (χ4v) is 2.62. The molecule has 21 heavy (non-hydrogen) atoms. The Morgan fingerprint density at radius 3 is 2.57 bits per heavy atom. The van der Waals surface area contributed by atoms with Gasteiger partial charge in [-0.3, -0.25) is 0 Å². The molecule has 6 heteroatoms. The Balaban J connectivity index is 2.08. The van der Waals surface area contributed by atoms with Gasteiger partial charge >= 0.3 is 0 Å². The second-order valence-electron chi connectivity index (χ2n) is 4.63. The van der Waals surface area contributed by atoms with Gasteiger partial charge in [0.15, 0.2) is 11.6 Å². The van der Waals surface area contributed by atoms with Crippen LogP contribution in [-0.2, 0) is 12.4 Å². The quantitative estimate of drug-likeness (QED) is 0.635. The molecule has 3 aromatic rings. The maximum absolute atomic E-state index is 13.3. The van der Waals surface area contributed by atoms with Crippen LogP contribution in [0.1, 0.15) is 11.4 Å². The van der Waals surface area contributed by atoms with Gasteiger partial charge in [-0.05, 0) is 35.9 Å². The molecule has 108 valence electrons. The van der Waals surface area contributed by atoms with Gasteiger partial charge in [0.1, 0.15) is 5.82 Å². The van der Waals surface area contributed by atoms with E-state index >= 15 is 0 Å². The summed E-state index contributed by atoms with van der Waals surface area (Å²) in [7, 11) is 0. The van der Waals surface area contributed by atoms with E-state index in [1.165, 1.54) is 12.1 Å². The van der Waals surface area contributed by atoms with Gasteiger partial charge < -0.3 is 4.57 Å². The van der Waals surface area contributed by atoms with E-state index in [0.29, 0.717) is 23.0 Å². The van der Waals surface area contributed by atoms with Crippen LogP contribution >= 0.6 is 23.2 Å². The minimum atomic E-state index is -0.868. The zero-order valence-corrected chi connectivity index (χ0v) is 12.3. The predicted molar refractivity (Wildman–Crippen MR) is 79.8 cm³/mol. The third-order valence-electron chi connectivity index (χ3n) is 3.23. The molecule has 1 aromatic heterocycles. The average molecular weight is 327 g/mol. The number of nitrogens with zero attached hydrogens (tertiary/aromatic N) is 2. The highest BCUT2D eigenvalue weighted by atomic mass is 35.5. The molecule has 0 aliphatic rings. The summed E-state index contributed by atoms with van der Waals surface area (Å²) in [6, 6.07) is 9.16. The van der Waals surface area contributed by atoms with E-state index in [1.54, 1.807) is 12.1 Å². The Bertz CT molecular complexity index is 815. The molecular weight excluding hydrogens is 317 g/mol. The molecule has 2 aromatic carbocycles. The number of imidazole rings is 1. The van der Waals surface area contributed by atoms with Crippen LogP contribution in [0.15, 0.2) is 36.4 Å². The molecule has 1 heterocycles. The van der Waals surface area contributed by atoms with E-state index < -0.39 is 11.6 Å². The molecular formula is C15H10Cl2F2N2. The number of rotatable bonds is 3. The molecule has 0 aliphatic carbocycles. The summed E-state index contributed by atoms with van der Waals surface area (Å²) in [5.41, 5.74) is 2.20. The van der Waals surface area contributed by atoms with Crippen LogP contribution in [0.5, 0.6) is 0 Å². The van der Waals surface area contributed by atoms with Crippen molar-refractivity contribution in [2.45, 2.75) is 12.4 Å². The Morgan fingerprint density at radius 2 is 1.86 bits per heavy atom. The maximum atomic E-state index is 13.3. The maximum Gasteiger partial charge on any atom is 0.159 e. The number of fused-ring (bicyclic) bond motifs is 1. The van der Waals surface area contributed by atoms with Crippen molar-refractivity contribution < 1.29 is 8.78 Å². The summed E-state index contributed by atoms with van der Waals surface area (Å²) in [6.07, 6.45) is 0. The summed E-state index contributed by atoms with van der Waals surface area (Å²) in [4.78, 5) is 4.41. The van der Waals surface area contributed by atoms with E-state index in [-0.39, 0.29) is 5.88 Å². The van der Waals surface area contributed by atoms with Gasteiger partial charge in [-0.15, -0.1) is 11.6 Å². The second kappa shape index (κ2) is 5.62. The Labute approximate surface area is 129 Å². The van der Waals surface area contributed by atoms with Crippen molar-refractivity contribution in [1.82, 2.24) is 9.55 Å². The van der Waals surface area contributed by atoms with Crippen LogP contribution < -0.4 is 0 Å². The van der Waals surface area contributed by atoms with E-state index in [1.807, 2.05) is 10.6 Å². The molecule has 0 amide bonds. The van der Waals surface area contributed by atoms with E-state index in [0.717, 1.165) is 17.1 Å². The zero-order chi connectivity index (χ0) is 15.0. The van der Waals surface area contributed by atoms with E-state index in [4.69, 9.17) is 23.2 Å². The highest BCUT2D eigenvalue weighted by Crippen LogP contribution is 2.23. The third-order valence-corrected chi connectivity index (χ3v) is 3.71. The van der Waals surface area contributed by atoms with Crippen molar-refractivity contribution in [3.05, 3.63) is 64.4 Å². The standard InChI is InChI=1S/C15H10Cl2F2N2/c16-7-15-20-13-6-10(17)2-4-14(13)21(15)8-9-1-3-11(18)12(19)5-9/h1-6H,7-8H2. The van der Waals surface area contributed by atoms with Crippen LogP contribution in [-0.4, -0.2) is 9.55 Å². The first-order valence-electron chi connectivity index (χ1n) is 6.23. The molecule has 0 saturated carbocycles. The smallest absolute Gasteiger partial charge is 0.159 e. The minimum absolute atomic E-state index is 0.218. The van der Waals surface area contributed by atoms with Gasteiger partial charge in [0.05, 0.1) is 16.9 Å². The molecule has 0 spiro atoms. The van der Waals surface area contributed by atoms with Gasteiger partial charge in [0.25, 0.3) is 0 Å². The minimum Gasteiger partial charge on any atom is -0.322 e. The number of hydrogen-bond donors (Lipinski definition) is 0. The number of halogens is 4. The summed E-state index contributed by atoms with van der Waals surface area (Å²) in [6.45, 7) is 0.359. The van der Waals surface area contributed by atoms with Crippen molar-refractivity contribution in [1.29, 1.82) is 0 Å². The Hall–Kier alpha value is -1.65. The molecule has 0 unspecified atom stereocenters. The van der Waals surface area contributed by atoms with Crippen molar-refractivity contribution >= 4 is 34.2 Å². The lowest BCUT2D eigenvalue weighted by molar-refractivity contribution is 0.506. The average Bonchev–Trinajstić information content (AvgIpc) is 2.80. The van der Waals surface area contributed by atoms with Crippen LogP contribution in [0.2, 0.25) is 5.02 Å². The number of aromatic nitrogens is 2. The number of benzene rings is 2. The lowest BCUT2D eigenvalue weighted by atomic mass is 10.2. The molecule has 0 atom stereocenters. The van der Waals surface area contributed by atoms with Crippen LogP contribution in [0.25, 0.3) is 11.0 Å². The van der Waals surface area contributed by atoms with Crippen LogP contribution in [0, 0.1) is 11.6 Å². The molecule has 2 nitrogen and oxygen atoms in total. The van der Waals surface area contributed by atoms with Gasteiger partial charge in [-0.1, -0.05) is 17.7 Å². The van der Waals surface area contributed by atoms with Gasteiger partial charge in [-0.25, -0.2) is 13.8 Å². The van der Waals surface area contributed by atoms with Crippen molar-refractivity contribution in [3.63, 3.8) is 0 Å². The fraction of sp³-hybridized carbons (Fsp3) is 0.133. The summed E-state index contributed by atoms with van der Waals surface area (Å²) < 4.78 is 28.2. The largest absolute Gasteiger partial charge is 0.322 e. The molecule has 0 N–H and O–H groups in total. The van der Waals surface area contributed by atoms with E-state index in [2.05, 4.69) is 4.98 Å². The molecule has 0 saturated heterocycles. The summed E-state index contributed by atoms with van der Waals surface area (Å²) in [5.74, 6) is -0.861. The number of alkyl halides is 1. The monoisotopic (exact) mass is 326 g/mol. The molecule has 0 bridgehead atoms. The number of hydrogen-bond acceptors (Lipinski definition) is 1. The molecule has 0 radical (unpaired) electrons. The third kappa shape index (κ3) is 2.74. The highest BCUT2D eigenvalue weighted by molar-refractivity contribution is 6.31. The topological polar surface area (TPSA) is 17.8 Å². The van der Waals surface area contributed by atoms with Crippen molar-refractivity contribution in [3.8, 4) is 0 Å². The van der Waals surface area contributed by atoms with Crippen molar-refractivity contribution in [2.24, 2.45) is 0 Å². The lowest BCUT2D eigenvalue weighted by Gasteiger charge is -2.08.